The number of aryl methyl sites for hydroxylation is 1. The maximum absolute atomic E-state index is 12.5. The highest BCUT2D eigenvalue weighted by atomic mass is 16.2. The first kappa shape index (κ1) is 14.0. The first-order valence-electron chi connectivity index (χ1n) is 7.16. The summed E-state index contributed by atoms with van der Waals surface area (Å²) in [5.41, 5.74) is 1.55. The smallest absolute Gasteiger partial charge is 0.255 e. The Kier molecular flexibility index (Phi) is 4.91. The van der Waals surface area contributed by atoms with E-state index in [0.29, 0.717) is 6.04 Å². The number of hydrogen-bond donors (Lipinski definition) is 1. The highest BCUT2D eigenvalue weighted by molar-refractivity contribution is 5.95. The Morgan fingerprint density at radius 1 is 1.58 bits per heavy atom. The minimum Gasteiger partial charge on any atom is -0.337 e. The van der Waals surface area contributed by atoms with E-state index in [-0.39, 0.29) is 5.91 Å². The Morgan fingerprint density at radius 3 is 3.16 bits per heavy atom. The van der Waals surface area contributed by atoms with Crippen LogP contribution < -0.4 is 5.32 Å². The summed E-state index contributed by atoms with van der Waals surface area (Å²) in [7, 11) is 0. The number of hydrogen-bond acceptors (Lipinski definition) is 3. The maximum atomic E-state index is 12.5. The molecule has 19 heavy (non-hydrogen) atoms. The largest absolute Gasteiger partial charge is 0.337 e. The average molecular weight is 261 g/mol. The fourth-order valence-corrected chi connectivity index (χ4v) is 2.56. The number of likely N-dealkylation sites (tertiary alicyclic amines) is 1. The van der Waals surface area contributed by atoms with E-state index in [1.807, 2.05) is 24.0 Å². The predicted molar refractivity (Wildman–Crippen MR) is 76.2 cm³/mol. The van der Waals surface area contributed by atoms with Crippen LogP contribution in [-0.2, 0) is 0 Å². The molecule has 0 radical (unpaired) electrons. The maximum Gasteiger partial charge on any atom is 0.255 e. The van der Waals surface area contributed by atoms with Gasteiger partial charge in [-0.3, -0.25) is 9.78 Å². The number of nitrogens with zero attached hydrogens (tertiary/aromatic N) is 2. The summed E-state index contributed by atoms with van der Waals surface area (Å²) in [6.45, 7) is 6.75. The van der Waals surface area contributed by atoms with Crippen LogP contribution in [0.1, 0.15) is 42.2 Å². The van der Waals surface area contributed by atoms with Crippen molar-refractivity contribution in [3.8, 4) is 0 Å². The minimum atomic E-state index is 0.119. The van der Waals surface area contributed by atoms with Crippen LogP contribution in [0.3, 0.4) is 0 Å². The van der Waals surface area contributed by atoms with Gasteiger partial charge in [-0.05, 0) is 44.9 Å². The average Bonchev–Trinajstić information content (AvgIpc) is 2.45. The molecule has 0 spiro atoms. The van der Waals surface area contributed by atoms with Gasteiger partial charge < -0.3 is 10.2 Å². The number of carbonyl (C=O) groups excluding carboxylic acids is 1. The summed E-state index contributed by atoms with van der Waals surface area (Å²) in [6, 6.07) is 4.14. The minimum absolute atomic E-state index is 0.119. The van der Waals surface area contributed by atoms with Gasteiger partial charge in [0.05, 0.1) is 5.56 Å². The van der Waals surface area contributed by atoms with Crippen molar-refractivity contribution < 1.29 is 4.79 Å². The van der Waals surface area contributed by atoms with Gasteiger partial charge in [-0.25, -0.2) is 0 Å². The lowest BCUT2D eigenvalue weighted by Gasteiger charge is -2.33. The molecule has 1 aliphatic rings. The first-order valence-corrected chi connectivity index (χ1v) is 7.16. The molecular weight excluding hydrogens is 238 g/mol. The van der Waals surface area contributed by atoms with E-state index in [1.54, 1.807) is 6.20 Å². The second kappa shape index (κ2) is 6.66. The van der Waals surface area contributed by atoms with Gasteiger partial charge >= 0.3 is 0 Å². The molecule has 104 valence electrons. The summed E-state index contributed by atoms with van der Waals surface area (Å²) in [5, 5.41) is 3.51. The summed E-state index contributed by atoms with van der Waals surface area (Å²) < 4.78 is 0. The molecule has 1 aromatic rings. The third-order valence-corrected chi connectivity index (χ3v) is 3.63. The second-order valence-electron chi connectivity index (χ2n) is 5.18. The zero-order valence-corrected chi connectivity index (χ0v) is 11.9. The zero-order chi connectivity index (χ0) is 13.7. The van der Waals surface area contributed by atoms with Crippen LogP contribution >= 0.6 is 0 Å². The van der Waals surface area contributed by atoms with Gasteiger partial charge in [-0.15, -0.1) is 0 Å². The molecule has 1 fully saturated rings. The monoisotopic (exact) mass is 261 g/mol. The summed E-state index contributed by atoms with van der Waals surface area (Å²) in [6.07, 6.45) is 5.10. The van der Waals surface area contributed by atoms with Crippen LogP contribution in [0.5, 0.6) is 0 Å². The zero-order valence-electron chi connectivity index (χ0n) is 11.9. The van der Waals surface area contributed by atoms with Gasteiger partial charge in [0, 0.05) is 31.0 Å². The van der Waals surface area contributed by atoms with Crippen LogP contribution in [0.15, 0.2) is 18.3 Å². The van der Waals surface area contributed by atoms with Gasteiger partial charge in [-0.1, -0.05) is 6.92 Å². The highest BCUT2D eigenvalue weighted by Gasteiger charge is 2.24. The molecule has 1 aromatic heterocycles. The molecule has 0 aromatic carbocycles. The Morgan fingerprint density at radius 2 is 2.42 bits per heavy atom. The van der Waals surface area contributed by atoms with Crippen LogP contribution in [-0.4, -0.2) is 41.5 Å². The number of nitrogens with one attached hydrogen (secondary N) is 1. The number of pyridine rings is 1. The fraction of sp³-hybridized carbons (Fsp3) is 0.600. The SMILES string of the molecule is CCCNC1CCCN(C(=O)c2cccnc2C)C1. The van der Waals surface area contributed by atoms with Crippen molar-refractivity contribution >= 4 is 5.91 Å². The normalized spacial score (nSPS) is 19.5. The molecule has 1 amide bonds. The highest BCUT2D eigenvalue weighted by Crippen LogP contribution is 2.15. The van der Waals surface area contributed by atoms with Crippen molar-refractivity contribution in [1.82, 2.24) is 15.2 Å². The lowest BCUT2D eigenvalue weighted by molar-refractivity contribution is 0.0694. The number of carbonyl (C=O) groups is 1. The molecule has 2 rings (SSSR count). The lowest BCUT2D eigenvalue weighted by atomic mass is 10.0. The Hall–Kier alpha value is -1.42. The van der Waals surface area contributed by atoms with E-state index in [0.717, 1.165) is 50.2 Å². The van der Waals surface area contributed by atoms with Crippen molar-refractivity contribution in [2.75, 3.05) is 19.6 Å². The number of rotatable bonds is 4. The molecule has 2 heterocycles. The van der Waals surface area contributed by atoms with Gasteiger partial charge in [0.2, 0.25) is 0 Å². The molecule has 1 atom stereocenters. The van der Waals surface area contributed by atoms with E-state index in [1.165, 1.54) is 0 Å². The number of amides is 1. The van der Waals surface area contributed by atoms with Crippen molar-refractivity contribution in [3.05, 3.63) is 29.6 Å². The molecule has 4 nitrogen and oxygen atoms in total. The Bertz CT molecular complexity index is 433. The van der Waals surface area contributed by atoms with Gasteiger partial charge in [0.25, 0.3) is 5.91 Å². The number of aromatic nitrogens is 1. The quantitative estimate of drug-likeness (QED) is 0.901. The first-order chi connectivity index (χ1) is 9.22. The van der Waals surface area contributed by atoms with Crippen molar-refractivity contribution in [2.45, 2.75) is 39.2 Å². The van der Waals surface area contributed by atoms with Crippen LogP contribution in [0.25, 0.3) is 0 Å². The molecule has 1 unspecified atom stereocenters. The van der Waals surface area contributed by atoms with Gasteiger partial charge in [0.15, 0.2) is 0 Å². The molecule has 1 saturated heterocycles. The molecule has 0 bridgehead atoms. The van der Waals surface area contributed by atoms with E-state index in [9.17, 15) is 4.79 Å². The molecule has 1 N–H and O–H groups in total. The molecule has 0 aliphatic carbocycles. The van der Waals surface area contributed by atoms with E-state index in [4.69, 9.17) is 0 Å². The van der Waals surface area contributed by atoms with Gasteiger partial charge in [-0.2, -0.15) is 0 Å². The van der Waals surface area contributed by atoms with Crippen molar-refractivity contribution in [3.63, 3.8) is 0 Å². The predicted octanol–water partition coefficient (Wildman–Crippen LogP) is 1.99. The summed E-state index contributed by atoms with van der Waals surface area (Å²) in [5.74, 6) is 0.119. The fourth-order valence-electron chi connectivity index (χ4n) is 2.56. The summed E-state index contributed by atoms with van der Waals surface area (Å²) >= 11 is 0. The van der Waals surface area contributed by atoms with Crippen molar-refractivity contribution in [2.24, 2.45) is 0 Å². The third kappa shape index (κ3) is 3.53. The van der Waals surface area contributed by atoms with Crippen LogP contribution in [0, 0.1) is 6.92 Å². The molecule has 4 heteroatoms. The van der Waals surface area contributed by atoms with Crippen LogP contribution in [0.4, 0.5) is 0 Å². The Labute approximate surface area is 115 Å². The Balaban J connectivity index is 2.01. The third-order valence-electron chi connectivity index (χ3n) is 3.63. The molecule has 0 saturated carbocycles. The summed E-state index contributed by atoms with van der Waals surface area (Å²) in [4.78, 5) is 18.7. The van der Waals surface area contributed by atoms with E-state index < -0.39 is 0 Å². The second-order valence-corrected chi connectivity index (χ2v) is 5.18. The van der Waals surface area contributed by atoms with Gasteiger partial charge in [0.1, 0.15) is 0 Å². The number of piperidine rings is 1. The van der Waals surface area contributed by atoms with Crippen molar-refractivity contribution in [1.29, 1.82) is 0 Å². The molecular formula is C15H23N3O. The topological polar surface area (TPSA) is 45.2 Å². The standard InChI is InChI=1S/C15H23N3O/c1-3-8-17-13-6-5-10-18(11-13)15(19)14-7-4-9-16-12(14)2/h4,7,9,13,17H,3,5-6,8,10-11H2,1-2H3. The van der Waals surface area contributed by atoms with E-state index >= 15 is 0 Å². The van der Waals surface area contributed by atoms with E-state index in [2.05, 4.69) is 17.2 Å². The lowest BCUT2D eigenvalue weighted by Crippen LogP contribution is -2.48. The van der Waals surface area contributed by atoms with Crippen LogP contribution in [0.2, 0.25) is 0 Å². The molecule has 1 aliphatic heterocycles.